The highest BCUT2D eigenvalue weighted by molar-refractivity contribution is 5.97. The summed E-state index contributed by atoms with van der Waals surface area (Å²) in [5.74, 6) is 0.942. The van der Waals surface area contributed by atoms with Gasteiger partial charge < -0.3 is 24.2 Å². The van der Waals surface area contributed by atoms with Crippen molar-refractivity contribution in [1.82, 2.24) is 19.8 Å². The van der Waals surface area contributed by atoms with Gasteiger partial charge in [0.1, 0.15) is 5.82 Å². The minimum absolute atomic E-state index is 0.0142. The first-order valence-electron chi connectivity index (χ1n) is 15.6. The number of anilines is 2. The molecule has 232 valence electrons. The summed E-state index contributed by atoms with van der Waals surface area (Å²) in [6.07, 6.45) is 3.17. The van der Waals surface area contributed by atoms with E-state index in [0.29, 0.717) is 32.3 Å². The van der Waals surface area contributed by atoms with Crippen LogP contribution in [0, 0.1) is 18.3 Å². The van der Waals surface area contributed by atoms with Crippen molar-refractivity contribution >= 4 is 28.2 Å². The minimum atomic E-state index is -0.0142. The molecule has 3 aliphatic rings. The van der Waals surface area contributed by atoms with Crippen molar-refractivity contribution < 1.29 is 14.3 Å². The standard InChI is InChI=1S/C32H40N6O3.C2H3N/c1-3-29(39)36-14-16-37(17-15-36)31-26-11-13-38(28-10-5-9-25-8-4-7-24(2)30(25)28)23-27(26)33-32(34-31)41-20-6-12-35-18-21-40-22-19-35;1-2-3/h3-5,7-10H,1,6,11-23H2,2H3;1H3. The number of ether oxygens (including phenoxy) is 2. The zero-order valence-corrected chi connectivity index (χ0v) is 26.0. The van der Waals surface area contributed by atoms with Crippen LogP contribution >= 0.6 is 0 Å². The zero-order valence-electron chi connectivity index (χ0n) is 26.0. The molecule has 0 aliphatic carbocycles. The molecular weight excluding hydrogens is 554 g/mol. The van der Waals surface area contributed by atoms with Gasteiger partial charge in [-0.25, -0.2) is 0 Å². The maximum atomic E-state index is 12.2. The third-order valence-electron chi connectivity index (χ3n) is 8.47. The van der Waals surface area contributed by atoms with Gasteiger partial charge in [-0.15, -0.1) is 0 Å². The van der Waals surface area contributed by atoms with Crippen LogP contribution in [0.3, 0.4) is 0 Å². The van der Waals surface area contributed by atoms with E-state index in [1.54, 1.807) is 6.07 Å². The van der Waals surface area contributed by atoms with E-state index in [1.807, 2.05) is 4.90 Å². The van der Waals surface area contributed by atoms with E-state index in [-0.39, 0.29) is 5.91 Å². The van der Waals surface area contributed by atoms with Crippen LogP contribution in [-0.4, -0.2) is 97.9 Å². The summed E-state index contributed by atoms with van der Waals surface area (Å²) in [5.41, 5.74) is 4.75. The SMILES string of the molecule is C=CC(=O)N1CCN(c2nc(OCCCN3CCOCC3)nc3c2CCN(c2cccc4cccc(C)c24)C3)CC1.CC#N. The molecule has 0 atom stereocenters. The van der Waals surface area contributed by atoms with Gasteiger partial charge in [0, 0.05) is 75.9 Å². The second kappa shape index (κ2) is 15.0. The lowest BCUT2D eigenvalue weighted by molar-refractivity contribution is -0.126. The van der Waals surface area contributed by atoms with Crippen LogP contribution in [0.4, 0.5) is 11.5 Å². The molecule has 2 aromatic carbocycles. The summed E-state index contributed by atoms with van der Waals surface area (Å²) in [7, 11) is 0. The number of morpholine rings is 1. The molecule has 3 aliphatic heterocycles. The Kier molecular flexibility index (Phi) is 10.6. The molecule has 0 unspecified atom stereocenters. The Hall–Kier alpha value is -4.20. The van der Waals surface area contributed by atoms with Gasteiger partial charge in [0.25, 0.3) is 0 Å². The predicted molar refractivity (Wildman–Crippen MR) is 173 cm³/mol. The van der Waals surface area contributed by atoms with E-state index in [2.05, 4.69) is 64.6 Å². The van der Waals surface area contributed by atoms with Gasteiger partial charge in [0.05, 0.1) is 38.1 Å². The smallest absolute Gasteiger partial charge is 0.318 e. The molecule has 6 rings (SSSR count). The Morgan fingerprint density at radius 3 is 2.50 bits per heavy atom. The molecule has 44 heavy (non-hydrogen) atoms. The van der Waals surface area contributed by atoms with Crippen LogP contribution in [0.15, 0.2) is 49.1 Å². The summed E-state index contributed by atoms with van der Waals surface area (Å²) in [6.45, 7) is 16.7. The molecule has 10 heteroatoms. The number of rotatable bonds is 8. The van der Waals surface area contributed by atoms with Crippen LogP contribution in [0.2, 0.25) is 0 Å². The van der Waals surface area contributed by atoms with Crippen molar-refractivity contribution in [2.45, 2.75) is 33.2 Å². The molecule has 2 fully saturated rings. The van der Waals surface area contributed by atoms with Gasteiger partial charge in [-0.1, -0.05) is 36.9 Å². The van der Waals surface area contributed by atoms with Crippen molar-refractivity contribution in [1.29, 1.82) is 5.26 Å². The average Bonchev–Trinajstić information content (AvgIpc) is 3.06. The lowest BCUT2D eigenvalue weighted by Crippen LogP contribution is -2.49. The van der Waals surface area contributed by atoms with E-state index in [1.165, 1.54) is 40.6 Å². The van der Waals surface area contributed by atoms with Gasteiger partial charge in [0.15, 0.2) is 0 Å². The van der Waals surface area contributed by atoms with Crippen molar-refractivity contribution in [3.63, 3.8) is 0 Å². The predicted octanol–water partition coefficient (Wildman–Crippen LogP) is 3.97. The van der Waals surface area contributed by atoms with Crippen LogP contribution in [0.1, 0.15) is 30.2 Å². The molecule has 1 amide bonds. The molecule has 3 aromatic rings. The number of aromatic nitrogens is 2. The van der Waals surface area contributed by atoms with E-state index >= 15 is 0 Å². The summed E-state index contributed by atoms with van der Waals surface area (Å²) >= 11 is 0. The fourth-order valence-electron chi connectivity index (χ4n) is 6.23. The van der Waals surface area contributed by atoms with Gasteiger partial charge in [-0.05, 0) is 42.9 Å². The quantitative estimate of drug-likeness (QED) is 0.282. The highest BCUT2D eigenvalue weighted by Gasteiger charge is 2.29. The van der Waals surface area contributed by atoms with Crippen LogP contribution in [0.25, 0.3) is 10.8 Å². The third-order valence-corrected chi connectivity index (χ3v) is 8.47. The lowest BCUT2D eigenvalue weighted by atomic mass is 9.99. The fourth-order valence-corrected chi connectivity index (χ4v) is 6.23. The topological polar surface area (TPSA) is 98.1 Å². The Bertz CT molecular complexity index is 1480. The van der Waals surface area contributed by atoms with Crippen molar-refractivity contribution in [2.75, 3.05) is 82.0 Å². The van der Waals surface area contributed by atoms with Gasteiger partial charge in [0.2, 0.25) is 5.91 Å². The van der Waals surface area contributed by atoms with Gasteiger partial charge in [-0.2, -0.15) is 15.2 Å². The maximum Gasteiger partial charge on any atom is 0.318 e. The third kappa shape index (κ3) is 7.29. The Morgan fingerprint density at radius 2 is 1.77 bits per heavy atom. The number of piperazine rings is 1. The number of fused-ring (bicyclic) bond motifs is 2. The summed E-state index contributed by atoms with van der Waals surface area (Å²) < 4.78 is 11.7. The Morgan fingerprint density at radius 1 is 1.05 bits per heavy atom. The van der Waals surface area contributed by atoms with E-state index in [4.69, 9.17) is 24.7 Å². The molecule has 0 spiro atoms. The first-order chi connectivity index (χ1) is 21.5. The van der Waals surface area contributed by atoms with Crippen LogP contribution in [0.5, 0.6) is 6.01 Å². The number of hydrogen-bond donors (Lipinski definition) is 0. The van der Waals surface area contributed by atoms with Crippen LogP contribution < -0.4 is 14.5 Å². The molecule has 1 aromatic heterocycles. The second-order valence-electron chi connectivity index (χ2n) is 11.3. The highest BCUT2D eigenvalue weighted by Crippen LogP contribution is 2.35. The molecule has 0 bridgehead atoms. The first kappa shape index (κ1) is 31.2. The van der Waals surface area contributed by atoms with Gasteiger partial charge in [-0.3, -0.25) is 9.69 Å². The van der Waals surface area contributed by atoms with E-state index in [0.717, 1.165) is 76.8 Å². The van der Waals surface area contributed by atoms with Crippen LogP contribution in [-0.2, 0) is 22.5 Å². The monoisotopic (exact) mass is 597 g/mol. The minimum Gasteiger partial charge on any atom is -0.463 e. The molecule has 4 heterocycles. The number of nitriles is 1. The number of hydrogen-bond acceptors (Lipinski definition) is 9. The molecule has 0 radical (unpaired) electrons. The summed E-state index contributed by atoms with van der Waals surface area (Å²) in [6, 6.07) is 15.2. The number of carbonyl (C=O) groups is 1. The van der Waals surface area contributed by atoms with E-state index in [9.17, 15) is 4.79 Å². The Balaban J connectivity index is 0.00000123. The maximum absolute atomic E-state index is 12.2. The number of aryl methyl sites for hydroxylation is 1. The summed E-state index contributed by atoms with van der Waals surface area (Å²) in [5, 5.41) is 9.88. The number of benzene rings is 2. The zero-order chi connectivity index (χ0) is 30.9. The van der Waals surface area contributed by atoms with Crippen molar-refractivity contribution in [3.8, 4) is 12.1 Å². The fraction of sp³-hybridized carbons (Fsp3) is 0.471. The normalized spacial score (nSPS) is 16.9. The molecule has 0 N–H and O–H groups in total. The average molecular weight is 598 g/mol. The largest absolute Gasteiger partial charge is 0.463 e. The second-order valence-corrected chi connectivity index (χ2v) is 11.3. The number of nitrogens with zero attached hydrogens (tertiary/aromatic N) is 7. The lowest BCUT2D eigenvalue weighted by Gasteiger charge is -2.38. The van der Waals surface area contributed by atoms with E-state index < -0.39 is 0 Å². The number of amides is 1. The number of carbonyl (C=O) groups excluding carboxylic acids is 1. The van der Waals surface area contributed by atoms with Crippen molar-refractivity contribution in [2.24, 2.45) is 0 Å². The molecule has 10 nitrogen and oxygen atoms in total. The Labute approximate surface area is 260 Å². The molecule has 0 saturated carbocycles. The molecule has 2 saturated heterocycles. The summed E-state index contributed by atoms with van der Waals surface area (Å²) in [4.78, 5) is 31.1. The first-order valence-corrected chi connectivity index (χ1v) is 15.6. The van der Waals surface area contributed by atoms with Gasteiger partial charge >= 0.3 is 6.01 Å². The van der Waals surface area contributed by atoms with Crippen molar-refractivity contribution in [3.05, 3.63) is 65.9 Å². The molecular formula is C34H43N7O3. The highest BCUT2D eigenvalue weighted by atomic mass is 16.5.